The molecule has 2 saturated heterocycles. The molecular weight excluding hydrogens is 496 g/mol. The van der Waals surface area contributed by atoms with E-state index in [1.165, 1.54) is 12.3 Å². The van der Waals surface area contributed by atoms with Gasteiger partial charge in [0.1, 0.15) is 17.8 Å². The van der Waals surface area contributed by atoms with Gasteiger partial charge in [-0.25, -0.2) is 4.98 Å². The number of piperazine rings is 1. The Morgan fingerprint density at radius 3 is 2.56 bits per heavy atom. The average molecular weight is 531 g/mol. The number of nitrogens with one attached hydrogen (secondary N) is 1. The summed E-state index contributed by atoms with van der Waals surface area (Å²) in [6.45, 7) is 8.96. The van der Waals surface area contributed by atoms with Crippen molar-refractivity contribution in [1.29, 1.82) is 0 Å². The lowest BCUT2D eigenvalue weighted by molar-refractivity contribution is -0.115. The highest BCUT2D eigenvalue weighted by molar-refractivity contribution is 6.04. The molecule has 2 fully saturated rings. The highest BCUT2D eigenvalue weighted by atomic mass is 16.5. The zero-order chi connectivity index (χ0) is 27.2. The number of carbonyl (C=O) groups excluding carboxylic acids is 2. The fourth-order valence-electron chi connectivity index (χ4n) is 4.99. The number of hydrogen-bond donors (Lipinski definition) is 1. The van der Waals surface area contributed by atoms with Crippen LogP contribution in [0.5, 0.6) is 0 Å². The topological polar surface area (TPSA) is 104 Å². The van der Waals surface area contributed by atoms with E-state index in [0.29, 0.717) is 43.0 Å². The molecule has 0 bridgehead atoms. The lowest BCUT2D eigenvalue weighted by atomic mass is 10.00. The molecule has 4 heterocycles. The molecule has 204 valence electrons. The molecule has 2 aliphatic rings. The Morgan fingerprint density at radius 1 is 1.10 bits per heavy atom. The van der Waals surface area contributed by atoms with E-state index < -0.39 is 0 Å². The number of hydrogen-bond acceptors (Lipinski definition) is 8. The molecule has 2 aliphatic heterocycles. The van der Waals surface area contributed by atoms with Crippen molar-refractivity contribution in [3.8, 4) is 11.1 Å². The Hall–Kier alpha value is -4.02. The predicted molar refractivity (Wildman–Crippen MR) is 149 cm³/mol. The monoisotopic (exact) mass is 530 g/mol. The number of anilines is 2. The van der Waals surface area contributed by atoms with Gasteiger partial charge in [-0.1, -0.05) is 11.7 Å². The van der Waals surface area contributed by atoms with Crippen molar-refractivity contribution in [3.05, 3.63) is 72.8 Å². The quantitative estimate of drug-likeness (QED) is 0.443. The van der Waals surface area contributed by atoms with Crippen LogP contribution in [-0.2, 0) is 16.1 Å². The second-order valence-electron chi connectivity index (χ2n) is 9.89. The highest BCUT2D eigenvalue weighted by Crippen LogP contribution is 2.31. The minimum atomic E-state index is -0.277. The number of rotatable bonds is 8. The summed E-state index contributed by atoms with van der Waals surface area (Å²) in [5.41, 5.74) is 3.35. The summed E-state index contributed by atoms with van der Waals surface area (Å²) in [4.78, 5) is 37.4. The van der Waals surface area contributed by atoms with Crippen LogP contribution in [0.4, 0.5) is 11.5 Å². The first-order chi connectivity index (χ1) is 19.0. The van der Waals surface area contributed by atoms with Gasteiger partial charge in [0.15, 0.2) is 0 Å². The minimum Gasteiger partial charge on any atom is -0.381 e. The van der Waals surface area contributed by atoms with Crippen molar-refractivity contribution < 1.29 is 18.8 Å². The highest BCUT2D eigenvalue weighted by Gasteiger charge is 2.27. The number of ether oxygens (including phenoxy) is 1. The second-order valence-corrected chi connectivity index (χ2v) is 9.89. The van der Waals surface area contributed by atoms with E-state index in [0.717, 1.165) is 43.1 Å². The van der Waals surface area contributed by atoms with Crippen molar-refractivity contribution in [2.24, 2.45) is 0 Å². The summed E-state index contributed by atoms with van der Waals surface area (Å²) >= 11 is 0. The number of nitrogens with zero attached hydrogens (tertiary/aromatic N) is 5. The van der Waals surface area contributed by atoms with Crippen LogP contribution in [0.25, 0.3) is 11.1 Å². The molecule has 0 aliphatic carbocycles. The summed E-state index contributed by atoms with van der Waals surface area (Å²) in [7, 11) is 2.13. The number of benzene rings is 1. The maximum absolute atomic E-state index is 13.3. The third-order valence-electron chi connectivity index (χ3n) is 7.26. The van der Waals surface area contributed by atoms with Gasteiger partial charge in [-0.05, 0) is 61.9 Å². The van der Waals surface area contributed by atoms with Crippen LogP contribution in [-0.4, -0.2) is 79.3 Å². The van der Waals surface area contributed by atoms with Crippen LogP contribution < -0.4 is 15.1 Å². The Labute approximate surface area is 228 Å². The maximum Gasteiger partial charge on any atom is 0.251 e. The predicted octanol–water partition coefficient (Wildman–Crippen LogP) is 3.12. The van der Waals surface area contributed by atoms with Crippen LogP contribution in [0.15, 0.2) is 66.0 Å². The molecule has 3 aromatic rings. The molecule has 39 heavy (non-hydrogen) atoms. The Bertz CT molecular complexity index is 1280. The van der Waals surface area contributed by atoms with Gasteiger partial charge in [0.2, 0.25) is 0 Å². The molecule has 10 heteroatoms. The summed E-state index contributed by atoms with van der Waals surface area (Å²) in [6, 6.07) is 11.2. The van der Waals surface area contributed by atoms with E-state index in [1.807, 2.05) is 30.5 Å². The van der Waals surface area contributed by atoms with E-state index >= 15 is 0 Å². The zero-order valence-electron chi connectivity index (χ0n) is 22.2. The van der Waals surface area contributed by atoms with Gasteiger partial charge in [0.05, 0.1) is 6.54 Å². The van der Waals surface area contributed by atoms with Crippen molar-refractivity contribution in [3.63, 3.8) is 0 Å². The Morgan fingerprint density at radius 2 is 1.90 bits per heavy atom. The van der Waals surface area contributed by atoms with Crippen LogP contribution in [0.1, 0.15) is 28.9 Å². The molecule has 2 aromatic heterocycles. The first kappa shape index (κ1) is 26.6. The molecule has 5 rings (SSSR count). The molecule has 0 radical (unpaired) electrons. The van der Waals surface area contributed by atoms with Gasteiger partial charge in [-0.3, -0.25) is 9.59 Å². The molecule has 0 spiro atoms. The average Bonchev–Trinajstić information content (AvgIpc) is 3.51. The number of pyridine rings is 1. The van der Waals surface area contributed by atoms with Crippen LogP contribution in [0.2, 0.25) is 0 Å². The van der Waals surface area contributed by atoms with Gasteiger partial charge in [0.25, 0.3) is 11.8 Å². The van der Waals surface area contributed by atoms with Gasteiger partial charge >= 0.3 is 0 Å². The van der Waals surface area contributed by atoms with E-state index in [9.17, 15) is 9.59 Å². The molecule has 10 nitrogen and oxygen atoms in total. The van der Waals surface area contributed by atoms with E-state index in [1.54, 1.807) is 17.0 Å². The largest absolute Gasteiger partial charge is 0.381 e. The third-order valence-corrected chi connectivity index (χ3v) is 7.26. The van der Waals surface area contributed by atoms with Crippen LogP contribution >= 0.6 is 0 Å². The Kier molecular flexibility index (Phi) is 8.33. The van der Waals surface area contributed by atoms with Crippen LogP contribution in [0, 0.1) is 0 Å². The number of likely N-dealkylation sites (N-methyl/N-ethyl adjacent to an activating group) is 1. The standard InChI is InChI=1S/C29H34N6O4/c1-3-28(36)35(25-7-13-38-14-8-25)26-17-22(16-23(18-26)29(37)31-20-24-6-15-39-32-24)21-4-5-27(30-19-21)34-11-9-33(2)10-12-34/h3-6,15-19,25H,1,7-14,20H2,2H3,(H,31,37). The Balaban J connectivity index is 1.48. The SMILES string of the molecule is C=CC(=O)N(c1cc(C(=O)NCc2ccon2)cc(-c2ccc(N3CCN(C)CC3)nc2)c1)C1CCOCC1. The minimum absolute atomic E-state index is 0.0525. The summed E-state index contributed by atoms with van der Waals surface area (Å²) < 4.78 is 10.4. The van der Waals surface area contributed by atoms with E-state index in [2.05, 4.69) is 33.9 Å². The zero-order valence-corrected chi connectivity index (χ0v) is 22.2. The molecule has 0 saturated carbocycles. The fraction of sp³-hybridized carbons (Fsp3) is 0.379. The lowest BCUT2D eigenvalue weighted by Crippen LogP contribution is -2.44. The second kappa shape index (κ2) is 12.2. The lowest BCUT2D eigenvalue weighted by Gasteiger charge is -2.34. The molecule has 2 amide bonds. The van der Waals surface area contributed by atoms with Gasteiger partial charge in [-0.15, -0.1) is 0 Å². The smallest absolute Gasteiger partial charge is 0.251 e. The number of carbonyl (C=O) groups is 2. The molecule has 1 N–H and O–H groups in total. The maximum atomic E-state index is 13.3. The number of amides is 2. The van der Waals surface area contributed by atoms with Crippen molar-refractivity contribution in [2.75, 3.05) is 56.2 Å². The summed E-state index contributed by atoms with van der Waals surface area (Å²) in [5.74, 6) is 0.442. The van der Waals surface area contributed by atoms with Crippen molar-refractivity contribution in [1.82, 2.24) is 20.4 Å². The van der Waals surface area contributed by atoms with Gasteiger partial charge < -0.3 is 29.3 Å². The van der Waals surface area contributed by atoms with Crippen LogP contribution in [0.3, 0.4) is 0 Å². The molecule has 0 unspecified atom stereocenters. The summed E-state index contributed by atoms with van der Waals surface area (Å²) in [5, 5.41) is 6.75. The van der Waals surface area contributed by atoms with Gasteiger partial charge in [0, 0.05) is 74.5 Å². The first-order valence-electron chi connectivity index (χ1n) is 13.3. The summed E-state index contributed by atoms with van der Waals surface area (Å²) in [6.07, 6.45) is 6.03. The van der Waals surface area contributed by atoms with Crippen molar-refractivity contribution >= 4 is 23.3 Å². The third kappa shape index (κ3) is 6.35. The molecule has 1 aromatic carbocycles. The molecular formula is C29H34N6O4. The van der Waals surface area contributed by atoms with Crippen molar-refractivity contribution in [2.45, 2.75) is 25.4 Å². The normalized spacial score (nSPS) is 16.6. The van der Waals surface area contributed by atoms with E-state index in [-0.39, 0.29) is 24.4 Å². The first-order valence-corrected chi connectivity index (χ1v) is 13.3. The van der Waals surface area contributed by atoms with E-state index in [4.69, 9.17) is 14.2 Å². The fourth-order valence-corrected chi connectivity index (χ4v) is 4.99. The van der Waals surface area contributed by atoms with Gasteiger partial charge in [-0.2, -0.15) is 0 Å². The molecule has 0 atom stereocenters. The number of aromatic nitrogens is 2.